The van der Waals surface area contributed by atoms with Crippen molar-refractivity contribution >= 4 is 51.6 Å². The van der Waals surface area contributed by atoms with Crippen molar-refractivity contribution in [3.05, 3.63) is 71.8 Å². The number of aryl methyl sites for hydroxylation is 1. The molecule has 0 aliphatic heterocycles. The van der Waals surface area contributed by atoms with Gasteiger partial charge in [0.25, 0.3) is 0 Å². The Morgan fingerprint density at radius 1 is 1.08 bits per heavy atom. The molecule has 140 valence electrons. The van der Waals surface area contributed by atoms with Gasteiger partial charge in [0.2, 0.25) is 3.79 Å². The summed E-state index contributed by atoms with van der Waals surface area (Å²) in [6.07, 6.45) is 2.07. The summed E-state index contributed by atoms with van der Waals surface area (Å²) >= 11 is 17.9. The number of carbonyl (C=O) groups excluding carboxylic acids is 1. The lowest BCUT2D eigenvalue weighted by Crippen LogP contribution is -2.22. The normalized spacial score (nSPS) is 14.0. The van der Waals surface area contributed by atoms with Gasteiger partial charge in [0.05, 0.1) is 0 Å². The van der Waals surface area contributed by atoms with Crippen LogP contribution in [0.25, 0.3) is 0 Å². The Morgan fingerprint density at radius 3 is 2.23 bits per heavy atom. The molecule has 2 rings (SSSR count). The summed E-state index contributed by atoms with van der Waals surface area (Å²) in [6.45, 7) is 0. The zero-order chi connectivity index (χ0) is 19.0. The molecule has 2 aromatic carbocycles. The molecule has 0 heterocycles. The van der Waals surface area contributed by atoms with E-state index in [1.54, 1.807) is 24.3 Å². The van der Waals surface area contributed by atoms with E-state index < -0.39 is 26.7 Å². The van der Waals surface area contributed by atoms with E-state index in [-0.39, 0.29) is 0 Å². The summed E-state index contributed by atoms with van der Waals surface area (Å²) in [5, 5.41) is 0. The number of hydrogen-bond acceptors (Lipinski definition) is 2. The molecule has 1 unspecified atom stereocenters. The zero-order valence-corrected chi connectivity index (χ0v) is 17.4. The molecule has 0 N–H and O–H groups in total. The minimum atomic E-state index is -1.77. The second kappa shape index (κ2) is 10.3. The number of alkyl halides is 3. The first kappa shape index (κ1) is 21.2. The molecule has 0 bridgehead atoms. The number of rotatable bonds is 6. The summed E-state index contributed by atoms with van der Waals surface area (Å²) in [5.74, 6) is 0.799. The topological polar surface area (TPSA) is 38.7 Å². The van der Waals surface area contributed by atoms with Crippen molar-refractivity contribution in [2.75, 3.05) is 12.0 Å². The highest BCUT2D eigenvalue weighted by atomic mass is 35.6. The highest BCUT2D eigenvalue weighted by Crippen LogP contribution is 2.42. The standard InChI is InChI=1S/C19H20Cl3NO2S/c1-26(14-8-11-15-9-4-2-5-10-15)23-18(24)25-17(19(20,21)22)16-12-6-3-7-13-16/h2-7,9-10,12-13,17H,8,11,14H2,1H3/t17-,26?/m0/s1. The van der Waals surface area contributed by atoms with Crippen molar-refractivity contribution in [3.8, 4) is 0 Å². The van der Waals surface area contributed by atoms with E-state index in [0.717, 1.165) is 18.6 Å². The lowest BCUT2D eigenvalue weighted by Gasteiger charge is -2.23. The minimum Gasteiger partial charge on any atom is -0.435 e. The van der Waals surface area contributed by atoms with E-state index in [1.165, 1.54) is 5.56 Å². The van der Waals surface area contributed by atoms with Gasteiger partial charge < -0.3 is 4.74 Å². The SMILES string of the molecule is C/S(CCCc1ccccc1)=N\C(=O)O[C@@H](c1ccccc1)C(Cl)(Cl)Cl. The molecule has 2 atom stereocenters. The maximum atomic E-state index is 12.2. The minimum absolute atomic E-state index is 0.452. The van der Waals surface area contributed by atoms with Crippen LogP contribution in [0.3, 0.4) is 0 Å². The Hall–Kier alpha value is -1.07. The van der Waals surface area contributed by atoms with Gasteiger partial charge in [-0.25, -0.2) is 4.79 Å². The summed E-state index contributed by atoms with van der Waals surface area (Å²) in [6, 6.07) is 19.1. The number of halogens is 3. The van der Waals surface area contributed by atoms with Gasteiger partial charge in [0, 0.05) is 5.75 Å². The Morgan fingerprint density at radius 2 is 1.65 bits per heavy atom. The van der Waals surface area contributed by atoms with Gasteiger partial charge in [0.1, 0.15) is 0 Å². The van der Waals surface area contributed by atoms with Crippen LogP contribution in [0.5, 0.6) is 0 Å². The van der Waals surface area contributed by atoms with Gasteiger partial charge in [-0.05, 0) is 30.2 Å². The molecule has 0 aliphatic carbocycles. The summed E-state index contributed by atoms with van der Waals surface area (Å²) in [5.41, 5.74) is 1.88. The van der Waals surface area contributed by atoms with Crippen LogP contribution < -0.4 is 0 Å². The Balaban J connectivity index is 1.93. The number of amides is 1. The third-order valence-electron chi connectivity index (χ3n) is 3.60. The van der Waals surface area contributed by atoms with Gasteiger partial charge in [-0.2, -0.15) is 4.36 Å². The van der Waals surface area contributed by atoms with E-state index in [0.29, 0.717) is 5.56 Å². The van der Waals surface area contributed by atoms with Crippen LogP contribution in [0.4, 0.5) is 4.79 Å². The second-order valence-electron chi connectivity index (χ2n) is 5.70. The molecule has 2 aromatic rings. The van der Waals surface area contributed by atoms with Crippen LogP contribution in [0.2, 0.25) is 0 Å². The fourth-order valence-electron chi connectivity index (χ4n) is 2.38. The molecular weight excluding hydrogens is 413 g/mol. The maximum absolute atomic E-state index is 12.2. The van der Waals surface area contributed by atoms with E-state index in [1.807, 2.05) is 30.5 Å². The molecule has 7 heteroatoms. The van der Waals surface area contributed by atoms with Crippen molar-refractivity contribution < 1.29 is 9.53 Å². The summed E-state index contributed by atoms with van der Waals surface area (Å²) < 4.78 is 7.65. The molecule has 3 nitrogen and oxygen atoms in total. The zero-order valence-electron chi connectivity index (χ0n) is 14.3. The molecule has 0 saturated heterocycles. The quantitative estimate of drug-likeness (QED) is 0.502. The van der Waals surface area contributed by atoms with Gasteiger partial charge >= 0.3 is 6.09 Å². The van der Waals surface area contributed by atoms with Gasteiger partial charge in [-0.15, -0.1) is 0 Å². The molecule has 0 radical (unpaired) electrons. The number of nitrogens with zero attached hydrogens (tertiary/aromatic N) is 1. The van der Waals surface area contributed by atoms with Crippen LogP contribution in [0.1, 0.15) is 23.7 Å². The van der Waals surface area contributed by atoms with Crippen LogP contribution in [0.15, 0.2) is 65.0 Å². The number of benzene rings is 2. The average molecular weight is 433 g/mol. The van der Waals surface area contributed by atoms with Crippen LogP contribution in [0, 0.1) is 0 Å². The molecule has 1 amide bonds. The molecule has 0 saturated carbocycles. The van der Waals surface area contributed by atoms with Crippen molar-refractivity contribution in [1.82, 2.24) is 0 Å². The molecular formula is C19H20Cl3NO2S. The fourth-order valence-corrected chi connectivity index (χ4v) is 3.84. The van der Waals surface area contributed by atoms with Gasteiger partial charge in [-0.1, -0.05) is 106 Å². The Bertz CT molecular complexity index is 733. The monoisotopic (exact) mass is 431 g/mol. The first-order valence-electron chi connectivity index (χ1n) is 8.07. The molecule has 0 aliphatic rings. The van der Waals surface area contributed by atoms with Crippen molar-refractivity contribution in [3.63, 3.8) is 0 Å². The van der Waals surface area contributed by atoms with E-state index in [9.17, 15) is 4.79 Å². The fraction of sp³-hybridized carbons (Fsp3) is 0.316. The Labute approximate surface area is 171 Å². The third-order valence-corrected chi connectivity index (χ3v) is 5.53. The van der Waals surface area contributed by atoms with E-state index >= 15 is 0 Å². The van der Waals surface area contributed by atoms with Crippen LogP contribution in [-0.4, -0.2) is 21.9 Å². The number of ether oxygens (including phenoxy) is 1. The number of hydrogen-bond donors (Lipinski definition) is 0. The van der Waals surface area contributed by atoms with Crippen LogP contribution >= 0.6 is 34.8 Å². The first-order chi connectivity index (χ1) is 12.4. The summed E-state index contributed by atoms with van der Waals surface area (Å²) in [7, 11) is -0.452. The highest BCUT2D eigenvalue weighted by molar-refractivity contribution is 7.86. The molecule has 0 fully saturated rings. The summed E-state index contributed by atoms with van der Waals surface area (Å²) in [4.78, 5) is 12.2. The van der Waals surface area contributed by atoms with Crippen molar-refractivity contribution in [2.45, 2.75) is 22.7 Å². The van der Waals surface area contributed by atoms with Crippen molar-refractivity contribution in [2.24, 2.45) is 4.36 Å². The number of carbonyl (C=O) groups is 1. The highest BCUT2D eigenvalue weighted by Gasteiger charge is 2.37. The second-order valence-corrected chi connectivity index (χ2v) is 9.86. The maximum Gasteiger partial charge on any atom is 0.440 e. The van der Waals surface area contributed by atoms with E-state index in [2.05, 4.69) is 16.5 Å². The lowest BCUT2D eigenvalue weighted by molar-refractivity contribution is 0.109. The molecule has 26 heavy (non-hydrogen) atoms. The van der Waals surface area contributed by atoms with Gasteiger partial charge in [-0.3, -0.25) is 0 Å². The Kier molecular flexibility index (Phi) is 8.42. The first-order valence-corrected chi connectivity index (χ1v) is 11.0. The van der Waals surface area contributed by atoms with E-state index in [4.69, 9.17) is 39.5 Å². The predicted molar refractivity (Wildman–Crippen MR) is 111 cm³/mol. The van der Waals surface area contributed by atoms with Crippen molar-refractivity contribution in [1.29, 1.82) is 0 Å². The average Bonchev–Trinajstić information content (AvgIpc) is 2.60. The predicted octanol–water partition coefficient (Wildman–Crippen LogP) is 6.30. The van der Waals surface area contributed by atoms with Gasteiger partial charge in [0.15, 0.2) is 6.10 Å². The largest absolute Gasteiger partial charge is 0.440 e. The molecule has 0 aromatic heterocycles. The lowest BCUT2D eigenvalue weighted by atomic mass is 10.1. The van der Waals surface area contributed by atoms with Crippen LogP contribution in [-0.2, 0) is 21.8 Å². The smallest absolute Gasteiger partial charge is 0.435 e. The third kappa shape index (κ3) is 7.28. The molecule has 0 spiro atoms.